The molecule has 1 aromatic carbocycles. The highest BCUT2D eigenvalue weighted by molar-refractivity contribution is 7.20. The second-order valence-corrected chi connectivity index (χ2v) is 5.92. The van der Waals surface area contributed by atoms with Gasteiger partial charge in [0, 0.05) is 22.9 Å². The summed E-state index contributed by atoms with van der Waals surface area (Å²) in [6.07, 6.45) is 3.31. The molecule has 0 saturated heterocycles. The van der Waals surface area contributed by atoms with E-state index >= 15 is 0 Å². The molecular weight excluding hydrogens is 276 g/mol. The van der Waals surface area contributed by atoms with Crippen molar-refractivity contribution in [2.75, 3.05) is 0 Å². The average molecular weight is 286 g/mol. The van der Waals surface area contributed by atoms with E-state index in [2.05, 4.69) is 22.1 Å². The second-order valence-electron chi connectivity index (χ2n) is 3.94. The van der Waals surface area contributed by atoms with Crippen molar-refractivity contribution in [2.45, 2.75) is 6.42 Å². The number of rotatable bonds is 4. The molecule has 0 radical (unpaired) electrons. The van der Waals surface area contributed by atoms with E-state index in [0.29, 0.717) is 5.69 Å². The van der Waals surface area contributed by atoms with Crippen LogP contribution in [0.15, 0.2) is 41.9 Å². The van der Waals surface area contributed by atoms with E-state index in [9.17, 15) is 4.79 Å². The predicted molar refractivity (Wildman–Crippen MR) is 77.9 cm³/mol. The smallest absolute Gasteiger partial charge is 0.169 e. The van der Waals surface area contributed by atoms with Gasteiger partial charge in [0.2, 0.25) is 0 Å². The van der Waals surface area contributed by atoms with Crippen LogP contribution in [0.1, 0.15) is 20.9 Å². The van der Waals surface area contributed by atoms with Gasteiger partial charge in [-0.2, -0.15) is 0 Å². The van der Waals surface area contributed by atoms with Crippen molar-refractivity contribution in [3.63, 3.8) is 0 Å². The first-order valence-corrected chi connectivity index (χ1v) is 7.45. The summed E-state index contributed by atoms with van der Waals surface area (Å²) in [6, 6.07) is 10.1. The third kappa shape index (κ3) is 2.62. The Kier molecular flexibility index (Phi) is 3.48. The topological polar surface area (TPSA) is 42.9 Å². The lowest BCUT2D eigenvalue weighted by atomic mass is 10.1. The van der Waals surface area contributed by atoms with E-state index in [0.717, 1.165) is 27.6 Å². The van der Waals surface area contributed by atoms with Gasteiger partial charge < -0.3 is 0 Å². The van der Waals surface area contributed by atoms with Gasteiger partial charge in [-0.05, 0) is 5.56 Å². The Bertz CT molecular complexity index is 675. The van der Waals surface area contributed by atoms with Gasteiger partial charge in [-0.15, -0.1) is 22.7 Å². The summed E-state index contributed by atoms with van der Waals surface area (Å²) in [5, 5.41) is 3.60. The predicted octanol–water partition coefficient (Wildman–Crippen LogP) is 3.67. The highest BCUT2D eigenvalue weighted by Gasteiger charge is 2.13. The van der Waals surface area contributed by atoms with Gasteiger partial charge >= 0.3 is 0 Å². The number of hydrogen-bond donors (Lipinski definition) is 0. The average Bonchev–Trinajstić information content (AvgIpc) is 3.08. The van der Waals surface area contributed by atoms with Crippen LogP contribution in [0.3, 0.4) is 0 Å². The number of benzene rings is 1. The molecule has 0 amide bonds. The van der Waals surface area contributed by atoms with Crippen molar-refractivity contribution in [2.24, 2.45) is 0 Å². The van der Waals surface area contributed by atoms with Gasteiger partial charge in [-0.3, -0.25) is 4.79 Å². The molecule has 5 heteroatoms. The van der Waals surface area contributed by atoms with Crippen molar-refractivity contribution >= 4 is 29.0 Å². The molecule has 19 heavy (non-hydrogen) atoms. The molecule has 94 valence electrons. The normalized spacial score (nSPS) is 10.5. The summed E-state index contributed by atoms with van der Waals surface area (Å²) < 4.78 is 0. The molecule has 0 spiro atoms. The summed E-state index contributed by atoms with van der Waals surface area (Å²) >= 11 is 3.08. The Labute approximate surface area is 118 Å². The minimum absolute atomic E-state index is 0.527. The Morgan fingerprint density at radius 1 is 1.16 bits per heavy atom. The van der Waals surface area contributed by atoms with E-state index < -0.39 is 0 Å². The molecule has 3 nitrogen and oxygen atoms in total. The maximum atomic E-state index is 11.1. The van der Waals surface area contributed by atoms with Crippen LogP contribution in [0.4, 0.5) is 0 Å². The van der Waals surface area contributed by atoms with Gasteiger partial charge in [-0.1, -0.05) is 30.3 Å². The molecule has 0 saturated carbocycles. The standard InChI is InChI=1S/C14H10N2OS2/c17-9-11-12(8-10-4-2-1-3-5-10)19-14(16-11)13-15-6-7-18-13/h1-7,9H,8H2. The van der Waals surface area contributed by atoms with Gasteiger partial charge in [0.1, 0.15) is 5.69 Å². The Morgan fingerprint density at radius 3 is 2.68 bits per heavy atom. The first-order chi connectivity index (χ1) is 9.36. The number of aromatic nitrogens is 2. The molecule has 0 fully saturated rings. The van der Waals surface area contributed by atoms with Crippen molar-refractivity contribution in [1.29, 1.82) is 0 Å². The molecule has 0 aliphatic rings. The fraction of sp³-hybridized carbons (Fsp3) is 0.0714. The van der Waals surface area contributed by atoms with Crippen LogP contribution < -0.4 is 0 Å². The van der Waals surface area contributed by atoms with Gasteiger partial charge in [0.25, 0.3) is 0 Å². The van der Waals surface area contributed by atoms with Crippen LogP contribution in [0.25, 0.3) is 10.0 Å². The lowest BCUT2D eigenvalue weighted by Crippen LogP contribution is -1.90. The zero-order valence-electron chi connectivity index (χ0n) is 9.95. The first-order valence-electron chi connectivity index (χ1n) is 5.75. The minimum Gasteiger partial charge on any atom is -0.296 e. The summed E-state index contributed by atoms with van der Waals surface area (Å²) in [7, 11) is 0. The Hall–Kier alpha value is -1.85. The zero-order chi connectivity index (χ0) is 13.1. The van der Waals surface area contributed by atoms with Crippen LogP contribution in [-0.2, 0) is 6.42 Å². The molecular formula is C14H10N2OS2. The van der Waals surface area contributed by atoms with Crippen LogP contribution in [0.5, 0.6) is 0 Å². The number of hydrogen-bond acceptors (Lipinski definition) is 5. The maximum absolute atomic E-state index is 11.1. The second kappa shape index (κ2) is 5.42. The van der Waals surface area contributed by atoms with Crippen molar-refractivity contribution < 1.29 is 4.79 Å². The number of thiazole rings is 2. The van der Waals surface area contributed by atoms with E-state index in [1.807, 2.05) is 23.6 Å². The Balaban J connectivity index is 1.95. The number of carbonyl (C=O) groups excluding carboxylic acids is 1. The molecule has 0 aliphatic carbocycles. The van der Waals surface area contributed by atoms with Crippen LogP contribution >= 0.6 is 22.7 Å². The zero-order valence-corrected chi connectivity index (χ0v) is 11.6. The maximum Gasteiger partial charge on any atom is 0.169 e. The molecule has 3 aromatic rings. The fourth-order valence-electron chi connectivity index (χ4n) is 1.78. The largest absolute Gasteiger partial charge is 0.296 e. The molecule has 2 heterocycles. The van der Waals surface area contributed by atoms with E-state index in [4.69, 9.17) is 0 Å². The lowest BCUT2D eigenvalue weighted by molar-refractivity contribution is 0.111. The molecule has 0 aliphatic heterocycles. The third-order valence-corrected chi connectivity index (χ3v) is 4.65. The molecule has 0 unspecified atom stereocenters. The van der Waals surface area contributed by atoms with Crippen LogP contribution in [0, 0.1) is 0 Å². The van der Waals surface area contributed by atoms with E-state index in [-0.39, 0.29) is 0 Å². The first kappa shape index (κ1) is 12.2. The lowest BCUT2D eigenvalue weighted by Gasteiger charge is -1.97. The highest BCUT2D eigenvalue weighted by atomic mass is 32.1. The SMILES string of the molecule is O=Cc1nc(-c2nccs2)sc1Cc1ccccc1. The number of aldehydes is 1. The summed E-state index contributed by atoms with van der Waals surface area (Å²) in [5.74, 6) is 0. The van der Waals surface area contributed by atoms with E-state index in [1.54, 1.807) is 17.5 Å². The van der Waals surface area contributed by atoms with Gasteiger partial charge in [-0.25, -0.2) is 9.97 Å². The van der Waals surface area contributed by atoms with Crippen molar-refractivity contribution in [3.8, 4) is 10.0 Å². The molecule has 3 rings (SSSR count). The molecule has 0 bridgehead atoms. The Morgan fingerprint density at radius 2 is 2.00 bits per heavy atom. The minimum atomic E-state index is 0.527. The van der Waals surface area contributed by atoms with Crippen molar-refractivity contribution in [3.05, 3.63) is 58.0 Å². The van der Waals surface area contributed by atoms with Gasteiger partial charge in [0.15, 0.2) is 16.3 Å². The molecule has 0 N–H and O–H groups in total. The summed E-state index contributed by atoms with van der Waals surface area (Å²) in [6.45, 7) is 0. The summed E-state index contributed by atoms with van der Waals surface area (Å²) in [4.78, 5) is 20.7. The molecule has 0 atom stereocenters. The van der Waals surface area contributed by atoms with Crippen molar-refractivity contribution in [1.82, 2.24) is 9.97 Å². The number of nitrogens with zero attached hydrogens (tertiary/aromatic N) is 2. The van der Waals surface area contributed by atoms with Crippen LogP contribution in [-0.4, -0.2) is 16.3 Å². The highest BCUT2D eigenvalue weighted by Crippen LogP contribution is 2.30. The quantitative estimate of drug-likeness (QED) is 0.687. The van der Waals surface area contributed by atoms with Crippen LogP contribution in [0.2, 0.25) is 0 Å². The fourth-order valence-corrected chi connectivity index (χ4v) is 3.53. The van der Waals surface area contributed by atoms with E-state index in [1.165, 1.54) is 16.9 Å². The third-order valence-electron chi connectivity index (χ3n) is 2.66. The number of carbonyl (C=O) groups is 1. The van der Waals surface area contributed by atoms with Gasteiger partial charge in [0.05, 0.1) is 0 Å². The summed E-state index contributed by atoms with van der Waals surface area (Å²) in [5.41, 5.74) is 1.71. The monoisotopic (exact) mass is 286 g/mol. The molecule has 2 aromatic heterocycles.